The number of nitrogens with two attached hydrogens (primary N) is 1. The topological polar surface area (TPSA) is 59.6 Å². The van der Waals surface area contributed by atoms with Gasteiger partial charge in [-0.3, -0.25) is 4.99 Å². The lowest BCUT2D eigenvalue weighted by Gasteiger charge is -2.08. The molecule has 5 heteroatoms. The highest BCUT2D eigenvalue weighted by molar-refractivity contribution is 14.0. The third kappa shape index (κ3) is 4.99. The first-order chi connectivity index (χ1) is 7.79. The van der Waals surface area contributed by atoms with E-state index in [1.165, 1.54) is 19.3 Å². The SMILES string of the molecule is CCCC1CC1NC(N)=NCC1CCCO1.I. The van der Waals surface area contributed by atoms with E-state index in [-0.39, 0.29) is 24.0 Å². The van der Waals surface area contributed by atoms with Crippen molar-refractivity contribution in [3.05, 3.63) is 0 Å². The van der Waals surface area contributed by atoms with Gasteiger partial charge in [0.1, 0.15) is 0 Å². The molecule has 0 aromatic heterocycles. The van der Waals surface area contributed by atoms with Crippen molar-refractivity contribution in [2.24, 2.45) is 16.6 Å². The molecule has 0 aromatic carbocycles. The number of nitrogens with zero attached hydrogens (tertiary/aromatic N) is 1. The summed E-state index contributed by atoms with van der Waals surface area (Å²) < 4.78 is 5.49. The van der Waals surface area contributed by atoms with Gasteiger partial charge in [0.2, 0.25) is 0 Å². The molecule has 100 valence electrons. The zero-order valence-corrected chi connectivity index (χ0v) is 12.9. The molecule has 2 fully saturated rings. The zero-order valence-electron chi connectivity index (χ0n) is 10.5. The summed E-state index contributed by atoms with van der Waals surface area (Å²) in [6.45, 7) is 3.82. The predicted molar refractivity (Wildman–Crippen MR) is 80.8 cm³/mol. The molecule has 2 aliphatic rings. The molecule has 1 saturated carbocycles. The lowest BCUT2D eigenvalue weighted by atomic mass is 10.2. The van der Waals surface area contributed by atoms with Crippen LogP contribution in [0.25, 0.3) is 0 Å². The van der Waals surface area contributed by atoms with Gasteiger partial charge in [-0.25, -0.2) is 0 Å². The van der Waals surface area contributed by atoms with E-state index in [2.05, 4.69) is 17.2 Å². The fraction of sp³-hybridized carbons (Fsp3) is 0.917. The van der Waals surface area contributed by atoms with Gasteiger partial charge in [0.25, 0.3) is 0 Å². The van der Waals surface area contributed by atoms with E-state index in [1.54, 1.807) is 0 Å². The second-order valence-corrected chi connectivity index (χ2v) is 4.90. The molecule has 2 rings (SSSR count). The van der Waals surface area contributed by atoms with E-state index in [9.17, 15) is 0 Å². The van der Waals surface area contributed by atoms with E-state index in [0.717, 1.165) is 25.4 Å². The maximum absolute atomic E-state index is 5.83. The van der Waals surface area contributed by atoms with Gasteiger partial charge in [-0.05, 0) is 31.6 Å². The highest BCUT2D eigenvalue weighted by Gasteiger charge is 2.36. The molecule has 3 unspecified atom stereocenters. The Labute approximate surface area is 121 Å². The quantitative estimate of drug-likeness (QED) is 0.451. The molecule has 0 aromatic rings. The summed E-state index contributed by atoms with van der Waals surface area (Å²) in [7, 11) is 0. The molecular weight excluding hydrogens is 329 g/mol. The Hall–Kier alpha value is -0.0400. The van der Waals surface area contributed by atoms with Gasteiger partial charge in [-0.2, -0.15) is 0 Å². The van der Waals surface area contributed by atoms with E-state index in [4.69, 9.17) is 10.5 Å². The summed E-state index contributed by atoms with van der Waals surface area (Å²) in [4.78, 5) is 4.34. The second-order valence-electron chi connectivity index (χ2n) is 4.90. The van der Waals surface area contributed by atoms with Crippen molar-refractivity contribution in [3.8, 4) is 0 Å². The van der Waals surface area contributed by atoms with Crippen molar-refractivity contribution in [2.45, 2.75) is 51.2 Å². The van der Waals surface area contributed by atoms with E-state index >= 15 is 0 Å². The minimum atomic E-state index is 0. The normalized spacial score (nSPS) is 32.1. The summed E-state index contributed by atoms with van der Waals surface area (Å²) in [5, 5.41) is 3.28. The summed E-state index contributed by atoms with van der Waals surface area (Å²) in [6, 6.07) is 0.577. The van der Waals surface area contributed by atoms with Crippen molar-refractivity contribution in [1.29, 1.82) is 0 Å². The largest absolute Gasteiger partial charge is 0.376 e. The van der Waals surface area contributed by atoms with Crippen molar-refractivity contribution >= 4 is 29.9 Å². The Morgan fingerprint density at radius 2 is 2.35 bits per heavy atom. The van der Waals surface area contributed by atoms with Crippen LogP contribution in [0.3, 0.4) is 0 Å². The summed E-state index contributed by atoms with van der Waals surface area (Å²) in [5.74, 6) is 1.42. The van der Waals surface area contributed by atoms with Gasteiger partial charge in [0.05, 0.1) is 12.6 Å². The van der Waals surface area contributed by atoms with Crippen molar-refractivity contribution in [3.63, 3.8) is 0 Å². The molecular formula is C12H24IN3O. The third-order valence-corrected chi connectivity index (χ3v) is 3.40. The van der Waals surface area contributed by atoms with Crippen LogP contribution in [0.4, 0.5) is 0 Å². The molecule has 3 atom stereocenters. The lowest BCUT2D eigenvalue weighted by molar-refractivity contribution is 0.117. The number of ether oxygens (including phenoxy) is 1. The van der Waals surface area contributed by atoms with Crippen LogP contribution in [-0.4, -0.2) is 31.3 Å². The zero-order chi connectivity index (χ0) is 11.4. The Balaban J connectivity index is 0.00000144. The highest BCUT2D eigenvalue weighted by Crippen LogP contribution is 2.34. The van der Waals surface area contributed by atoms with Crippen LogP contribution < -0.4 is 11.1 Å². The average molecular weight is 353 g/mol. The first-order valence-corrected chi connectivity index (χ1v) is 6.47. The first kappa shape index (κ1) is 15.0. The minimum Gasteiger partial charge on any atom is -0.376 e. The molecule has 1 aliphatic heterocycles. The number of rotatable bonds is 5. The number of nitrogens with one attached hydrogen (secondary N) is 1. The first-order valence-electron chi connectivity index (χ1n) is 6.47. The van der Waals surface area contributed by atoms with Crippen molar-refractivity contribution in [1.82, 2.24) is 5.32 Å². The molecule has 1 aliphatic carbocycles. The Morgan fingerprint density at radius 1 is 1.53 bits per heavy atom. The van der Waals surface area contributed by atoms with Gasteiger partial charge < -0.3 is 15.8 Å². The van der Waals surface area contributed by atoms with Crippen LogP contribution in [0, 0.1) is 5.92 Å². The number of guanidine groups is 1. The van der Waals surface area contributed by atoms with E-state index < -0.39 is 0 Å². The highest BCUT2D eigenvalue weighted by atomic mass is 127. The Kier molecular flexibility index (Phi) is 6.54. The Bertz CT molecular complexity index is 254. The van der Waals surface area contributed by atoms with E-state index in [0.29, 0.717) is 24.7 Å². The average Bonchev–Trinajstić information content (AvgIpc) is 2.82. The van der Waals surface area contributed by atoms with Gasteiger partial charge in [0, 0.05) is 12.6 Å². The molecule has 1 heterocycles. The standard InChI is InChI=1S/C12H23N3O.HI/c1-2-4-9-7-11(9)15-12(13)14-8-10-5-3-6-16-10;/h9-11H,2-8H2,1H3,(H3,13,14,15);1H. The summed E-state index contributed by atoms with van der Waals surface area (Å²) >= 11 is 0. The molecule has 0 radical (unpaired) electrons. The number of halogens is 1. The van der Waals surface area contributed by atoms with Gasteiger partial charge in [-0.1, -0.05) is 13.3 Å². The fourth-order valence-corrected chi connectivity index (χ4v) is 2.34. The number of hydrogen-bond donors (Lipinski definition) is 2. The third-order valence-electron chi connectivity index (χ3n) is 3.40. The van der Waals surface area contributed by atoms with Crippen LogP contribution in [0.15, 0.2) is 4.99 Å². The number of hydrogen-bond acceptors (Lipinski definition) is 2. The monoisotopic (exact) mass is 353 g/mol. The summed E-state index contributed by atoms with van der Waals surface area (Å²) in [6.07, 6.45) is 6.40. The lowest BCUT2D eigenvalue weighted by Crippen LogP contribution is -2.35. The number of aliphatic imine (C=N–C) groups is 1. The van der Waals surface area contributed by atoms with Crippen LogP contribution in [0.2, 0.25) is 0 Å². The Morgan fingerprint density at radius 3 is 3.00 bits per heavy atom. The van der Waals surface area contributed by atoms with Crippen LogP contribution in [0.5, 0.6) is 0 Å². The molecule has 0 bridgehead atoms. The molecule has 1 saturated heterocycles. The fourth-order valence-electron chi connectivity index (χ4n) is 2.34. The molecule has 0 spiro atoms. The van der Waals surface area contributed by atoms with Crippen LogP contribution in [0.1, 0.15) is 39.0 Å². The van der Waals surface area contributed by atoms with Gasteiger partial charge >= 0.3 is 0 Å². The molecule has 17 heavy (non-hydrogen) atoms. The summed E-state index contributed by atoms with van der Waals surface area (Å²) in [5.41, 5.74) is 5.83. The molecule has 0 amide bonds. The van der Waals surface area contributed by atoms with Crippen molar-refractivity contribution < 1.29 is 4.74 Å². The van der Waals surface area contributed by atoms with Crippen LogP contribution >= 0.6 is 24.0 Å². The maximum atomic E-state index is 5.83. The van der Waals surface area contributed by atoms with Gasteiger partial charge in [-0.15, -0.1) is 24.0 Å². The van der Waals surface area contributed by atoms with Gasteiger partial charge in [0.15, 0.2) is 5.96 Å². The van der Waals surface area contributed by atoms with E-state index in [1.807, 2.05) is 0 Å². The second kappa shape index (κ2) is 7.41. The molecule has 4 nitrogen and oxygen atoms in total. The minimum absolute atomic E-state index is 0. The van der Waals surface area contributed by atoms with Crippen molar-refractivity contribution in [2.75, 3.05) is 13.2 Å². The predicted octanol–water partition coefficient (Wildman–Crippen LogP) is 1.88. The molecule has 3 N–H and O–H groups in total. The maximum Gasteiger partial charge on any atom is 0.188 e. The smallest absolute Gasteiger partial charge is 0.188 e. The van der Waals surface area contributed by atoms with Crippen LogP contribution in [-0.2, 0) is 4.74 Å².